The summed E-state index contributed by atoms with van der Waals surface area (Å²) < 4.78 is 0. The van der Waals surface area contributed by atoms with Crippen molar-refractivity contribution in [2.75, 3.05) is 18.5 Å². The molecule has 1 aromatic rings. The molecule has 1 aliphatic rings. The van der Waals surface area contributed by atoms with E-state index < -0.39 is 6.10 Å². The topological polar surface area (TPSA) is 91.5 Å². The summed E-state index contributed by atoms with van der Waals surface area (Å²) >= 11 is 0. The van der Waals surface area contributed by atoms with Crippen LogP contribution in [-0.4, -0.2) is 40.1 Å². The second-order valence-electron chi connectivity index (χ2n) is 4.12. The van der Waals surface area contributed by atoms with Crippen LogP contribution in [0.15, 0.2) is 18.3 Å². The first-order valence-corrected chi connectivity index (χ1v) is 5.60. The van der Waals surface area contributed by atoms with E-state index in [0.717, 1.165) is 12.8 Å². The minimum Gasteiger partial charge on any atom is -0.391 e. The Hall–Kier alpha value is -1.66. The van der Waals surface area contributed by atoms with Crippen molar-refractivity contribution in [2.45, 2.75) is 18.9 Å². The molecule has 6 heteroatoms. The number of aliphatic hydroxyl groups is 1. The molecule has 0 aliphatic carbocycles. The van der Waals surface area contributed by atoms with E-state index in [0.29, 0.717) is 24.5 Å². The molecule has 17 heavy (non-hydrogen) atoms. The number of rotatable bonds is 2. The second kappa shape index (κ2) is 5.11. The van der Waals surface area contributed by atoms with Gasteiger partial charge in [0.25, 0.3) is 5.91 Å². The number of amides is 1. The molecule has 4 N–H and O–H groups in total. The molecule has 0 bridgehead atoms. The smallest absolute Gasteiger partial charge is 0.272 e. The van der Waals surface area contributed by atoms with E-state index in [1.165, 1.54) is 6.20 Å². The van der Waals surface area contributed by atoms with Gasteiger partial charge in [-0.05, 0) is 25.0 Å². The second-order valence-corrected chi connectivity index (χ2v) is 4.12. The summed E-state index contributed by atoms with van der Waals surface area (Å²) in [6.45, 7) is 1.06. The maximum absolute atomic E-state index is 12.0. The Balaban J connectivity index is 2.07. The number of pyridine rings is 1. The number of carbonyl (C=O) groups excluding carboxylic acids is 1. The van der Waals surface area contributed by atoms with Gasteiger partial charge < -0.3 is 15.4 Å². The highest BCUT2D eigenvalue weighted by molar-refractivity contribution is 5.92. The average Bonchev–Trinajstić information content (AvgIpc) is 2.38. The molecule has 92 valence electrons. The van der Waals surface area contributed by atoms with Gasteiger partial charge in [0.15, 0.2) is 0 Å². The molecule has 0 spiro atoms. The van der Waals surface area contributed by atoms with Crippen LogP contribution >= 0.6 is 0 Å². The molecule has 6 nitrogen and oxygen atoms in total. The van der Waals surface area contributed by atoms with Crippen molar-refractivity contribution >= 4 is 11.6 Å². The maximum Gasteiger partial charge on any atom is 0.272 e. The highest BCUT2D eigenvalue weighted by Crippen LogP contribution is 2.13. The lowest BCUT2D eigenvalue weighted by atomic mass is 10.1. The normalized spacial score (nSPS) is 20.1. The molecule has 2 heterocycles. The molecule has 1 fully saturated rings. The number of nitrogens with one attached hydrogen (secondary N) is 1. The lowest BCUT2D eigenvalue weighted by molar-refractivity contribution is 0.0469. The van der Waals surface area contributed by atoms with Gasteiger partial charge in [-0.15, -0.1) is 0 Å². The van der Waals surface area contributed by atoms with Crippen LogP contribution in [0.25, 0.3) is 0 Å². The first-order valence-electron chi connectivity index (χ1n) is 5.60. The number of hydrogen-bond acceptors (Lipinski definition) is 5. The first-order chi connectivity index (χ1) is 8.20. The third kappa shape index (κ3) is 2.72. The maximum atomic E-state index is 12.0. The van der Waals surface area contributed by atoms with Gasteiger partial charge in [-0.25, -0.2) is 4.98 Å². The Labute approximate surface area is 99.4 Å². The van der Waals surface area contributed by atoms with E-state index in [2.05, 4.69) is 10.4 Å². The first kappa shape index (κ1) is 11.8. The number of aliphatic hydroxyl groups excluding tert-OH is 1. The number of nitrogens with zero attached hydrogens (tertiary/aromatic N) is 2. The van der Waals surface area contributed by atoms with Gasteiger partial charge in [0, 0.05) is 13.1 Å². The molecule has 0 aromatic carbocycles. The fourth-order valence-corrected chi connectivity index (χ4v) is 1.91. The standard InChI is InChI=1S/C11H16N4O2/c12-14-8-3-4-10(13-6-8)11(17)15-5-1-2-9(16)7-15/h3-4,6,9,14,16H,1-2,5,7,12H2. The third-order valence-corrected chi connectivity index (χ3v) is 2.83. The van der Waals surface area contributed by atoms with E-state index in [-0.39, 0.29) is 5.91 Å². The minimum absolute atomic E-state index is 0.146. The van der Waals surface area contributed by atoms with Crippen molar-refractivity contribution in [1.82, 2.24) is 9.88 Å². The third-order valence-electron chi connectivity index (χ3n) is 2.83. The Morgan fingerprint density at radius 1 is 1.59 bits per heavy atom. The lowest BCUT2D eigenvalue weighted by Crippen LogP contribution is -2.42. The molecule has 1 aromatic heterocycles. The zero-order valence-corrected chi connectivity index (χ0v) is 9.47. The van der Waals surface area contributed by atoms with Crippen LogP contribution in [-0.2, 0) is 0 Å². The monoisotopic (exact) mass is 236 g/mol. The lowest BCUT2D eigenvalue weighted by Gasteiger charge is -2.29. The highest BCUT2D eigenvalue weighted by atomic mass is 16.3. The molecule has 2 rings (SSSR count). The summed E-state index contributed by atoms with van der Waals surface area (Å²) in [6, 6.07) is 3.32. The van der Waals surface area contributed by atoms with Crippen molar-refractivity contribution in [3.05, 3.63) is 24.0 Å². The summed E-state index contributed by atoms with van der Waals surface area (Å²) in [6.07, 6.45) is 2.67. The Bertz CT molecular complexity index is 393. The van der Waals surface area contributed by atoms with Crippen molar-refractivity contribution in [2.24, 2.45) is 5.84 Å². The van der Waals surface area contributed by atoms with Crippen LogP contribution in [0.3, 0.4) is 0 Å². The quantitative estimate of drug-likeness (QED) is 0.495. The Morgan fingerprint density at radius 2 is 2.41 bits per heavy atom. The molecular formula is C11H16N4O2. The van der Waals surface area contributed by atoms with Crippen LogP contribution in [0.2, 0.25) is 0 Å². The fraction of sp³-hybridized carbons (Fsp3) is 0.455. The summed E-state index contributed by atoms with van der Waals surface area (Å²) in [5.74, 6) is 5.07. The van der Waals surface area contributed by atoms with Gasteiger partial charge in [0.1, 0.15) is 5.69 Å². The number of likely N-dealkylation sites (tertiary alicyclic amines) is 1. The van der Waals surface area contributed by atoms with Gasteiger partial charge in [0.05, 0.1) is 18.0 Å². The molecule has 0 radical (unpaired) electrons. The van der Waals surface area contributed by atoms with Gasteiger partial charge in [-0.3, -0.25) is 10.6 Å². The number of anilines is 1. The van der Waals surface area contributed by atoms with Gasteiger partial charge >= 0.3 is 0 Å². The summed E-state index contributed by atoms with van der Waals surface area (Å²) in [4.78, 5) is 17.7. The SMILES string of the molecule is NNc1ccc(C(=O)N2CCCC(O)C2)nc1. The van der Waals surface area contributed by atoms with E-state index in [1.54, 1.807) is 17.0 Å². The van der Waals surface area contributed by atoms with Crippen molar-refractivity contribution in [3.63, 3.8) is 0 Å². The van der Waals surface area contributed by atoms with Gasteiger partial charge in [-0.2, -0.15) is 0 Å². The number of piperidine rings is 1. The Morgan fingerprint density at radius 3 is 3.00 bits per heavy atom. The molecule has 1 unspecified atom stereocenters. The van der Waals surface area contributed by atoms with E-state index in [4.69, 9.17) is 5.84 Å². The molecule has 1 saturated heterocycles. The van der Waals surface area contributed by atoms with E-state index >= 15 is 0 Å². The number of aromatic nitrogens is 1. The number of nitrogen functional groups attached to an aromatic ring is 1. The van der Waals surface area contributed by atoms with Crippen molar-refractivity contribution in [3.8, 4) is 0 Å². The number of hydrogen-bond donors (Lipinski definition) is 3. The van der Waals surface area contributed by atoms with Crippen LogP contribution in [0, 0.1) is 0 Å². The predicted molar refractivity (Wildman–Crippen MR) is 63.2 cm³/mol. The number of β-amino-alcohol motifs (C(OH)–C–C–N with tert-alkyl or cyclic N) is 1. The molecule has 1 amide bonds. The average molecular weight is 236 g/mol. The number of hydrazine groups is 1. The summed E-state index contributed by atoms with van der Waals surface area (Å²) in [7, 11) is 0. The van der Waals surface area contributed by atoms with Crippen LogP contribution in [0.4, 0.5) is 5.69 Å². The number of nitrogens with two attached hydrogens (primary N) is 1. The summed E-state index contributed by atoms with van der Waals surface area (Å²) in [5, 5.41) is 9.52. The molecule has 1 aliphatic heterocycles. The fourth-order valence-electron chi connectivity index (χ4n) is 1.91. The predicted octanol–water partition coefficient (Wildman–Crippen LogP) is -0.0359. The molecular weight excluding hydrogens is 220 g/mol. The summed E-state index contributed by atoms with van der Waals surface area (Å²) in [5.41, 5.74) is 3.48. The van der Waals surface area contributed by atoms with Crippen LogP contribution < -0.4 is 11.3 Å². The minimum atomic E-state index is -0.419. The van der Waals surface area contributed by atoms with E-state index in [1.807, 2.05) is 0 Å². The molecule has 1 atom stereocenters. The Kier molecular flexibility index (Phi) is 3.55. The van der Waals surface area contributed by atoms with Crippen LogP contribution in [0.1, 0.15) is 23.3 Å². The zero-order valence-electron chi connectivity index (χ0n) is 9.47. The molecule has 0 saturated carbocycles. The highest BCUT2D eigenvalue weighted by Gasteiger charge is 2.23. The van der Waals surface area contributed by atoms with Gasteiger partial charge in [0.2, 0.25) is 0 Å². The number of carbonyl (C=O) groups is 1. The van der Waals surface area contributed by atoms with Gasteiger partial charge in [-0.1, -0.05) is 0 Å². The van der Waals surface area contributed by atoms with Crippen molar-refractivity contribution < 1.29 is 9.90 Å². The van der Waals surface area contributed by atoms with Crippen LogP contribution in [0.5, 0.6) is 0 Å². The largest absolute Gasteiger partial charge is 0.391 e. The zero-order chi connectivity index (χ0) is 12.3. The van der Waals surface area contributed by atoms with E-state index in [9.17, 15) is 9.90 Å². The van der Waals surface area contributed by atoms with Crippen molar-refractivity contribution in [1.29, 1.82) is 0 Å².